The minimum atomic E-state index is -0.0212. The van der Waals surface area contributed by atoms with E-state index in [1.165, 1.54) is 0 Å². The van der Waals surface area contributed by atoms with E-state index < -0.39 is 0 Å². The third-order valence-corrected chi connectivity index (χ3v) is 5.26. The Morgan fingerprint density at radius 2 is 2.35 bits per heavy atom. The van der Waals surface area contributed by atoms with E-state index in [4.69, 9.17) is 9.15 Å². The van der Waals surface area contributed by atoms with Crippen LogP contribution in [0.5, 0.6) is 0 Å². The van der Waals surface area contributed by atoms with E-state index in [-0.39, 0.29) is 36.0 Å². The Kier molecular flexibility index (Phi) is 8.32. The van der Waals surface area contributed by atoms with Gasteiger partial charge in [-0.25, -0.2) is 4.98 Å². The number of oxazole rings is 1. The number of nitrogens with zero attached hydrogens (tertiary/aromatic N) is 2. The molecule has 144 valence electrons. The summed E-state index contributed by atoms with van der Waals surface area (Å²) in [6.45, 7) is 2.83. The van der Waals surface area contributed by atoms with Crippen LogP contribution in [0.25, 0.3) is 10.8 Å². The highest BCUT2D eigenvalue weighted by atomic mass is 127. The van der Waals surface area contributed by atoms with Crippen LogP contribution in [0.15, 0.2) is 33.2 Å². The van der Waals surface area contributed by atoms with Gasteiger partial charge in [0.05, 0.1) is 23.7 Å². The van der Waals surface area contributed by atoms with Crippen LogP contribution in [0, 0.1) is 5.41 Å². The molecular formula is C17H25IN4O3S. The first-order valence-corrected chi connectivity index (χ1v) is 9.24. The number of aromatic nitrogens is 1. The molecule has 7 nitrogen and oxygen atoms in total. The largest absolute Gasteiger partial charge is 0.443 e. The molecule has 0 aliphatic carbocycles. The number of rotatable bonds is 7. The molecule has 0 spiro atoms. The van der Waals surface area contributed by atoms with Crippen LogP contribution in [-0.4, -0.2) is 49.5 Å². The predicted molar refractivity (Wildman–Crippen MR) is 113 cm³/mol. The number of aliphatic imine (C=N–C) groups is 1. The van der Waals surface area contributed by atoms with Crippen LogP contribution in [0.2, 0.25) is 0 Å². The van der Waals surface area contributed by atoms with Crippen LogP contribution in [-0.2, 0) is 11.3 Å². The molecule has 1 unspecified atom stereocenters. The van der Waals surface area contributed by atoms with Crippen LogP contribution in [0.3, 0.4) is 0 Å². The van der Waals surface area contributed by atoms with Crippen molar-refractivity contribution < 1.29 is 14.3 Å². The fraction of sp³-hybridized carbons (Fsp3) is 0.529. The van der Waals surface area contributed by atoms with Crippen molar-refractivity contribution in [3.05, 3.63) is 29.5 Å². The van der Waals surface area contributed by atoms with Crippen molar-refractivity contribution >= 4 is 41.3 Å². The topological polar surface area (TPSA) is 91.9 Å². The number of guanidine groups is 1. The average Bonchev–Trinajstić information content (AvgIpc) is 3.37. The molecule has 0 bridgehead atoms. The number of aliphatic hydroxyl groups excluding tert-OH is 1. The SMILES string of the molecule is CN=C(NCc1coc(-c2cccs2)n1)NCC1(CCO)CCOC1.I. The van der Waals surface area contributed by atoms with E-state index >= 15 is 0 Å². The van der Waals surface area contributed by atoms with Crippen LogP contribution in [0.4, 0.5) is 0 Å². The number of ether oxygens (including phenoxy) is 1. The Morgan fingerprint density at radius 3 is 3.00 bits per heavy atom. The molecule has 26 heavy (non-hydrogen) atoms. The van der Waals surface area contributed by atoms with Gasteiger partial charge < -0.3 is 24.9 Å². The molecule has 1 fully saturated rings. The quantitative estimate of drug-likeness (QED) is 0.313. The summed E-state index contributed by atoms with van der Waals surface area (Å²) < 4.78 is 11.0. The molecule has 2 aromatic rings. The van der Waals surface area contributed by atoms with Crippen molar-refractivity contribution in [2.75, 3.05) is 33.4 Å². The zero-order chi connectivity index (χ0) is 17.5. The van der Waals surface area contributed by atoms with Crippen LogP contribution < -0.4 is 10.6 Å². The van der Waals surface area contributed by atoms with E-state index in [1.807, 2.05) is 17.5 Å². The molecule has 0 saturated carbocycles. The maximum atomic E-state index is 9.30. The third-order valence-electron chi connectivity index (χ3n) is 4.40. The molecule has 1 aliphatic rings. The average molecular weight is 492 g/mol. The summed E-state index contributed by atoms with van der Waals surface area (Å²) in [5.74, 6) is 1.34. The van der Waals surface area contributed by atoms with Crippen molar-refractivity contribution in [3.8, 4) is 10.8 Å². The Morgan fingerprint density at radius 1 is 1.46 bits per heavy atom. The smallest absolute Gasteiger partial charge is 0.236 e. The van der Waals surface area contributed by atoms with E-state index in [0.29, 0.717) is 31.5 Å². The zero-order valence-corrected chi connectivity index (χ0v) is 17.9. The summed E-state index contributed by atoms with van der Waals surface area (Å²) in [4.78, 5) is 9.75. The highest BCUT2D eigenvalue weighted by Gasteiger charge is 2.34. The number of hydrogen-bond donors (Lipinski definition) is 3. The molecule has 2 aromatic heterocycles. The lowest BCUT2D eigenvalue weighted by Crippen LogP contribution is -2.44. The molecular weight excluding hydrogens is 467 g/mol. The van der Waals surface area contributed by atoms with E-state index in [9.17, 15) is 5.11 Å². The summed E-state index contributed by atoms with van der Waals surface area (Å²) in [5, 5.41) is 17.9. The lowest BCUT2D eigenvalue weighted by molar-refractivity contribution is 0.127. The minimum Gasteiger partial charge on any atom is -0.443 e. The van der Waals surface area contributed by atoms with Gasteiger partial charge in [-0.15, -0.1) is 35.3 Å². The molecule has 3 N–H and O–H groups in total. The first kappa shape index (κ1) is 21.1. The number of aliphatic hydroxyl groups is 1. The number of nitrogens with one attached hydrogen (secondary N) is 2. The molecule has 0 aromatic carbocycles. The first-order chi connectivity index (χ1) is 12.2. The standard InChI is InChI=1S/C17H24N4O3S.HI/c1-18-16(20-11-17(4-6-22)5-7-23-12-17)19-9-13-10-24-15(21-13)14-3-2-8-25-14;/h2-3,8,10,22H,4-7,9,11-12H2,1H3,(H2,18,19,20);1H. The molecule has 0 amide bonds. The van der Waals surface area contributed by atoms with Crippen molar-refractivity contribution in [3.63, 3.8) is 0 Å². The first-order valence-electron chi connectivity index (χ1n) is 8.36. The normalized spacial score (nSPS) is 20.0. The van der Waals surface area contributed by atoms with Gasteiger partial charge in [0.1, 0.15) is 6.26 Å². The van der Waals surface area contributed by atoms with Gasteiger partial charge in [0.2, 0.25) is 5.89 Å². The number of thiophene rings is 1. The van der Waals surface area contributed by atoms with Gasteiger partial charge in [-0.3, -0.25) is 4.99 Å². The van der Waals surface area contributed by atoms with E-state index in [0.717, 1.165) is 30.0 Å². The highest BCUT2D eigenvalue weighted by molar-refractivity contribution is 14.0. The van der Waals surface area contributed by atoms with Crippen molar-refractivity contribution in [1.29, 1.82) is 0 Å². The van der Waals surface area contributed by atoms with Gasteiger partial charge in [0.15, 0.2) is 5.96 Å². The van der Waals surface area contributed by atoms with E-state index in [2.05, 4.69) is 20.6 Å². The molecule has 1 aliphatic heterocycles. The monoisotopic (exact) mass is 492 g/mol. The van der Waals surface area contributed by atoms with E-state index in [1.54, 1.807) is 24.6 Å². The molecule has 1 saturated heterocycles. The van der Waals surface area contributed by atoms with Crippen LogP contribution in [0.1, 0.15) is 18.5 Å². The molecule has 1 atom stereocenters. The Hall–Kier alpha value is -1.17. The zero-order valence-electron chi connectivity index (χ0n) is 14.7. The lowest BCUT2D eigenvalue weighted by atomic mass is 9.84. The number of halogens is 1. The van der Waals surface area contributed by atoms with Gasteiger partial charge in [0, 0.05) is 32.2 Å². The second-order valence-electron chi connectivity index (χ2n) is 6.18. The summed E-state index contributed by atoms with van der Waals surface area (Å²) in [7, 11) is 1.74. The second-order valence-corrected chi connectivity index (χ2v) is 7.12. The summed E-state index contributed by atoms with van der Waals surface area (Å²) in [5.41, 5.74) is 0.799. The maximum Gasteiger partial charge on any atom is 0.236 e. The summed E-state index contributed by atoms with van der Waals surface area (Å²) in [6, 6.07) is 3.96. The molecule has 3 rings (SSSR count). The highest BCUT2D eigenvalue weighted by Crippen LogP contribution is 2.31. The van der Waals surface area contributed by atoms with Gasteiger partial charge >= 0.3 is 0 Å². The van der Waals surface area contributed by atoms with Crippen LogP contribution >= 0.6 is 35.3 Å². The van der Waals surface area contributed by atoms with Crippen molar-refractivity contribution in [1.82, 2.24) is 15.6 Å². The Labute approximate surface area is 174 Å². The van der Waals surface area contributed by atoms with Gasteiger partial charge in [0.25, 0.3) is 0 Å². The lowest BCUT2D eigenvalue weighted by Gasteiger charge is -2.27. The van der Waals surface area contributed by atoms with Gasteiger partial charge in [-0.1, -0.05) is 6.07 Å². The third kappa shape index (κ3) is 5.41. The van der Waals surface area contributed by atoms with Crippen molar-refractivity contribution in [2.45, 2.75) is 19.4 Å². The van der Waals surface area contributed by atoms with Gasteiger partial charge in [-0.2, -0.15) is 0 Å². The minimum absolute atomic E-state index is 0. The second kappa shape index (κ2) is 10.2. The van der Waals surface area contributed by atoms with Crippen molar-refractivity contribution in [2.24, 2.45) is 10.4 Å². The molecule has 9 heteroatoms. The Balaban J connectivity index is 0.00000243. The fourth-order valence-corrected chi connectivity index (χ4v) is 3.53. The predicted octanol–water partition coefficient (Wildman–Crippen LogP) is 2.48. The van der Waals surface area contributed by atoms with Gasteiger partial charge in [-0.05, 0) is 24.3 Å². The summed E-state index contributed by atoms with van der Waals surface area (Å²) >= 11 is 1.60. The Bertz CT molecular complexity index is 684. The summed E-state index contributed by atoms with van der Waals surface area (Å²) in [6.07, 6.45) is 3.34. The fourth-order valence-electron chi connectivity index (χ4n) is 2.88. The molecule has 3 heterocycles. The molecule has 0 radical (unpaired) electrons. The maximum absolute atomic E-state index is 9.30. The number of hydrogen-bond acceptors (Lipinski definition) is 6.